The lowest BCUT2D eigenvalue weighted by atomic mass is 9.88. The molecule has 8 unspecified atom stereocenters. The second-order valence-electron chi connectivity index (χ2n) is 35.7. The molecule has 13 nitrogen and oxygen atoms in total. The fourth-order valence-electron chi connectivity index (χ4n) is 14.7. The topological polar surface area (TPSA) is 83.3 Å². The highest BCUT2D eigenvalue weighted by atomic mass is 16.5. The number of hydrogen-bond acceptors (Lipinski definition) is 13. The summed E-state index contributed by atoms with van der Waals surface area (Å²) in [7, 11) is 0. The summed E-state index contributed by atoms with van der Waals surface area (Å²) in [5, 5.41) is 14.1. The third kappa shape index (κ3) is 24.9. The molecule has 0 aromatic heterocycles. The molecule has 0 spiro atoms. The van der Waals surface area contributed by atoms with E-state index in [1.807, 2.05) is 0 Å². The smallest absolute Gasteiger partial charge is 0.0707 e. The second kappa shape index (κ2) is 31.7. The molecule has 13 aliphatic heterocycles. The molecule has 13 heterocycles. The van der Waals surface area contributed by atoms with Gasteiger partial charge in [0.05, 0.1) is 12.2 Å². The van der Waals surface area contributed by atoms with E-state index < -0.39 is 0 Å². The third-order valence-electron chi connectivity index (χ3n) is 20.5. The van der Waals surface area contributed by atoms with Gasteiger partial charge in [0.15, 0.2) is 0 Å². The zero-order valence-corrected chi connectivity index (χ0v) is 60.5. The van der Waals surface area contributed by atoms with E-state index in [1.165, 1.54) is 175 Å². The van der Waals surface area contributed by atoms with E-state index in [2.05, 4.69) is 227 Å². The molecule has 13 fully saturated rings. The summed E-state index contributed by atoms with van der Waals surface area (Å²) in [4.78, 5) is 20.6. The summed E-state index contributed by atoms with van der Waals surface area (Å²) in [5.41, 5.74) is 3.04. The van der Waals surface area contributed by atoms with Crippen LogP contribution in [0.4, 0.5) is 0 Å². The Morgan fingerprint density at radius 1 is 0.298 bits per heavy atom. The number of piperazine rings is 4. The fourth-order valence-corrected chi connectivity index (χ4v) is 14.7. The van der Waals surface area contributed by atoms with Crippen LogP contribution in [0.1, 0.15) is 250 Å². The molecule has 0 saturated carbocycles. The number of hydrogen-bond donors (Lipinski definition) is 4. The number of piperidine rings is 3. The molecular formula is C71H146N12O. The van der Waals surface area contributed by atoms with Crippen molar-refractivity contribution in [2.45, 2.75) is 342 Å². The summed E-state index contributed by atoms with van der Waals surface area (Å²) in [6.07, 6.45) is 19.0. The molecule has 13 aliphatic rings. The Kier molecular flexibility index (Phi) is 28.0. The normalized spacial score (nSPS) is 31.1. The number of fused-ring (bicyclic) bond motifs is 9. The van der Waals surface area contributed by atoms with E-state index in [9.17, 15) is 0 Å². The third-order valence-corrected chi connectivity index (χ3v) is 20.5. The summed E-state index contributed by atoms with van der Waals surface area (Å²) in [5.74, 6) is 0. The first-order valence-corrected chi connectivity index (χ1v) is 35.3. The van der Waals surface area contributed by atoms with E-state index in [4.69, 9.17) is 4.74 Å². The Morgan fingerprint density at radius 3 is 0.917 bits per heavy atom. The Labute approximate surface area is 523 Å². The SMILES string of the molecule is CC(C)(C)N1CC2CC1CN2.CC(C)(C)N1CC2CCC(C1)N2.CC(C)(C)N1CC2CCC(C1)O2.CC(C)(C)N1CC2CCC1CN2.CC(C)(C)N1CCC1.CC(C)(C)N1CCCC1.CC(C)(C)N1CCCCC1.CC(C)(C)N1CCNCC1. The molecule has 84 heavy (non-hydrogen) atoms. The standard InChI is InChI=1S/2C10H20N2.C10H19NO.C9H18N2.C9H19N.C8H18N2.C8H17N.C7H15N/c1-10(2,3)12-7-8-4-5-9(12)6-11-8;1-10(2,3)12-6-8-4-5-9(7-12)11-8;1-10(2,3)11-6-8-4-5-9(7-11)12-8;1-9(2,3)11-6-7-4-8(11)5-10-7;1-9(2,3)10-7-5-4-6-8-10;1-8(2,3)10-6-4-9-5-7-10;1-8(2,3)9-6-4-5-7-9;1-7(2,3)8-5-4-6-8/h2*8-9,11H,4-7H2,1-3H3;8-9H,4-7H2,1-3H3;7-8,10H,4-6H2,1-3H3;4-8H2,1-3H3;9H,4-7H2,1-3H3;4-7H2,1-3H3;4-6H2,1-3H3. The number of morpholine rings is 1. The van der Waals surface area contributed by atoms with Gasteiger partial charge in [0.1, 0.15) is 0 Å². The van der Waals surface area contributed by atoms with Crippen LogP contribution in [0, 0.1) is 0 Å². The number of ether oxygens (including phenoxy) is 1. The molecule has 13 saturated heterocycles. The van der Waals surface area contributed by atoms with Crippen LogP contribution in [0.5, 0.6) is 0 Å². The molecule has 8 bridgehead atoms. The lowest BCUT2D eigenvalue weighted by molar-refractivity contribution is -0.0668. The van der Waals surface area contributed by atoms with E-state index in [-0.39, 0.29) is 0 Å². The number of rotatable bonds is 0. The minimum Gasteiger partial charge on any atom is -0.372 e. The zero-order valence-electron chi connectivity index (χ0n) is 60.5. The fraction of sp³-hybridized carbons (Fsp3) is 1.00. The predicted molar refractivity (Wildman–Crippen MR) is 364 cm³/mol. The van der Waals surface area contributed by atoms with Gasteiger partial charge in [0, 0.05) is 159 Å². The number of nitrogens with one attached hydrogen (secondary N) is 4. The van der Waals surface area contributed by atoms with Crippen LogP contribution >= 0.6 is 0 Å². The summed E-state index contributed by atoms with van der Waals surface area (Å²) < 4.78 is 5.78. The van der Waals surface area contributed by atoms with Gasteiger partial charge in [-0.3, -0.25) is 39.2 Å². The second-order valence-corrected chi connectivity index (χ2v) is 35.7. The van der Waals surface area contributed by atoms with Crippen molar-refractivity contribution in [3.05, 3.63) is 0 Å². The van der Waals surface area contributed by atoms with Gasteiger partial charge in [-0.05, 0) is 282 Å². The van der Waals surface area contributed by atoms with Gasteiger partial charge in [-0.1, -0.05) is 6.42 Å². The first-order chi connectivity index (χ1) is 38.7. The maximum absolute atomic E-state index is 5.78. The highest BCUT2D eigenvalue weighted by molar-refractivity contribution is 5.02. The van der Waals surface area contributed by atoms with E-state index >= 15 is 0 Å². The molecule has 4 N–H and O–H groups in total. The first kappa shape index (κ1) is 74.2. The van der Waals surface area contributed by atoms with Gasteiger partial charge in [0.25, 0.3) is 0 Å². The first-order valence-electron chi connectivity index (χ1n) is 35.3. The number of likely N-dealkylation sites (tertiary alicyclic amines) is 6. The Balaban J connectivity index is 0.000000176. The van der Waals surface area contributed by atoms with Crippen LogP contribution in [0.25, 0.3) is 0 Å². The quantitative estimate of drug-likeness (QED) is 0.186. The predicted octanol–water partition coefficient (Wildman–Crippen LogP) is 11.3. The van der Waals surface area contributed by atoms with Crippen molar-refractivity contribution >= 4 is 0 Å². The Hall–Kier alpha value is -0.520. The van der Waals surface area contributed by atoms with Crippen molar-refractivity contribution in [3.63, 3.8) is 0 Å². The molecular weight excluding hydrogens is 1040 g/mol. The molecule has 0 radical (unpaired) electrons. The monoisotopic (exact) mass is 1180 g/mol. The van der Waals surface area contributed by atoms with Crippen molar-refractivity contribution < 1.29 is 4.74 Å². The summed E-state index contributed by atoms with van der Waals surface area (Å²) >= 11 is 0. The van der Waals surface area contributed by atoms with Gasteiger partial charge in [-0.25, -0.2) is 0 Å². The van der Waals surface area contributed by atoms with Crippen molar-refractivity contribution in [2.75, 3.05) is 118 Å². The van der Waals surface area contributed by atoms with Crippen LogP contribution in [0.2, 0.25) is 0 Å². The van der Waals surface area contributed by atoms with Gasteiger partial charge in [-0.2, -0.15) is 0 Å². The van der Waals surface area contributed by atoms with Crippen LogP contribution in [0.15, 0.2) is 0 Å². The van der Waals surface area contributed by atoms with Crippen LogP contribution in [0.3, 0.4) is 0 Å². The maximum Gasteiger partial charge on any atom is 0.0707 e. The highest BCUT2D eigenvalue weighted by Gasteiger charge is 2.43. The van der Waals surface area contributed by atoms with E-state index in [0.717, 1.165) is 62.4 Å². The minimum atomic E-state index is 0.324. The average molecular weight is 1180 g/mol. The molecule has 0 aromatic carbocycles. The average Bonchev–Trinajstić information content (AvgIpc) is 4.44. The molecule has 0 aliphatic carbocycles. The largest absolute Gasteiger partial charge is 0.372 e. The zero-order chi connectivity index (χ0) is 62.7. The minimum absolute atomic E-state index is 0.324. The number of nitrogens with zero attached hydrogens (tertiary/aromatic N) is 8. The van der Waals surface area contributed by atoms with E-state index in [0.29, 0.717) is 56.5 Å². The maximum atomic E-state index is 5.78. The van der Waals surface area contributed by atoms with Crippen LogP contribution in [-0.2, 0) is 4.74 Å². The van der Waals surface area contributed by atoms with E-state index in [1.54, 1.807) is 0 Å². The Bertz CT molecular complexity index is 1710. The molecule has 496 valence electrons. The lowest BCUT2D eigenvalue weighted by Gasteiger charge is -2.51. The highest BCUT2D eigenvalue weighted by Crippen LogP contribution is 2.33. The molecule has 8 atom stereocenters. The van der Waals surface area contributed by atoms with Gasteiger partial charge >= 0.3 is 0 Å². The molecule has 0 aromatic rings. The molecule has 13 heteroatoms. The van der Waals surface area contributed by atoms with Gasteiger partial charge in [-0.15, -0.1) is 0 Å². The van der Waals surface area contributed by atoms with Crippen molar-refractivity contribution in [1.82, 2.24) is 60.5 Å². The van der Waals surface area contributed by atoms with Gasteiger partial charge in [0.2, 0.25) is 0 Å². The summed E-state index contributed by atoms with van der Waals surface area (Å²) in [6, 6.07) is 4.74. The van der Waals surface area contributed by atoms with Crippen LogP contribution in [-0.4, -0.2) is 250 Å². The summed E-state index contributed by atoms with van der Waals surface area (Å²) in [6.45, 7) is 77.4. The van der Waals surface area contributed by atoms with Crippen LogP contribution < -0.4 is 21.3 Å². The Morgan fingerprint density at radius 2 is 0.643 bits per heavy atom. The molecule has 0 amide bonds. The van der Waals surface area contributed by atoms with Crippen molar-refractivity contribution in [2.24, 2.45) is 0 Å². The van der Waals surface area contributed by atoms with Crippen molar-refractivity contribution in [1.29, 1.82) is 0 Å². The molecule has 13 rings (SSSR count). The van der Waals surface area contributed by atoms with Gasteiger partial charge < -0.3 is 26.0 Å². The lowest BCUT2D eigenvalue weighted by Crippen LogP contribution is -2.65. The van der Waals surface area contributed by atoms with Crippen molar-refractivity contribution in [3.8, 4) is 0 Å².